The summed E-state index contributed by atoms with van der Waals surface area (Å²) in [5, 5.41) is 0. The van der Waals surface area contributed by atoms with Crippen LogP contribution in [-0.4, -0.2) is 5.92 Å². The van der Waals surface area contributed by atoms with Gasteiger partial charge in [-0.05, 0) is 80.2 Å². The summed E-state index contributed by atoms with van der Waals surface area (Å²) >= 11 is 0. The Balaban J connectivity index is 1.35. The third-order valence-corrected chi connectivity index (χ3v) is 8.30. The molecule has 3 rings (SSSR count). The molecule has 0 spiro atoms. The predicted octanol–water partition coefficient (Wildman–Crippen LogP) is 9.87. The molecule has 0 aliphatic heterocycles. The van der Waals surface area contributed by atoms with Crippen molar-refractivity contribution in [3.63, 3.8) is 0 Å². The molecule has 2 atom stereocenters. The lowest BCUT2D eigenvalue weighted by Gasteiger charge is -2.41. The second-order valence-corrected chi connectivity index (χ2v) is 10.7. The Bertz CT molecular complexity index is 667. The molecule has 32 heavy (non-hydrogen) atoms. The van der Waals surface area contributed by atoms with E-state index in [9.17, 15) is 8.78 Å². The molecule has 2 aliphatic carbocycles. The minimum Gasteiger partial charge on any atom is -0.207 e. The number of halogens is 2. The van der Waals surface area contributed by atoms with Gasteiger partial charge < -0.3 is 0 Å². The highest BCUT2D eigenvalue weighted by molar-refractivity contribution is 5.49. The number of alkyl halides is 2. The van der Waals surface area contributed by atoms with Gasteiger partial charge in [-0.1, -0.05) is 88.8 Å². The number of allylic oxidation sites excluding steroid dienone is 1. The fraction of sp³-hybridized carbons (Fsp3) is 0.733. The number of unbranched alkanes of at least 4 members (excludes halogenated alkanes) is 2. The lowest BCUT2D eigenvalue weighted by molar-refractivity contribution is -0.115. The van der Waals surface area contributed by atoms with Gasteiger partial charge >= 0.3 is 0 Å². The highest BCUT2D eigenvalue weighted by atomic mass is 19.3. The first-order valence-corrected chi connectivity index (χ1v) is 13.6. The Kier molecular flexibility index (Phi) is 10.3. The molecule has 0 radical (unpaired) electrons. The average molecular weight is 445 g/mol. The Morgan fingerprint density at radius 3 is 2.22 bits per heavy atom. The van der Waals surface area contributed by atoms with Crippen LogP contribution in [0.15, 0.2) is 30.3 Å². The van der Waals surface area contributed by atoms with Gasteiger partial charge in [-0.15, -0.1) is 0 Å². The topological polar surface area (TPSA) is 0 Å². The summed E-state index contributed by atoms with van der Waals surface area (Å²) < 4.78 is 29.6. The van der Waals surface area contributed by atoms with Gasteiger partial charge in [0.05, 0.1) is 0 Å². The molecule has 0 saturated heterocycles. The molecular formula is C30H46F2. The van der Waals surface area contributed by atoms with E-state index in [1.165, 1.54) is 49.7 Å². The first kappa shape index (κ1) is 25.4. The maximum Gasteiger partial charge on any atom is 0.251 e. The van der Waals surface area contributed by atoms with E-state index >= 15 is 0 Å². The van der Waals surface area contributed by atoms with Crippen molar-refractivity contribution in [2.45, 2.75) is 116 Å². The van der Waals surface area contributed by atoms with E-state index in [-0.39, 0.29) is 18.3 Å². The van der Waals surface area contributed by atoms with Crippen LogP contribution in [0.4, 0.5) is 8.78 Å². The van der Waals surface area contributed by atoms with Crippen molar-refractivity contribution in [2.24, 2.45) is 23.7 Å². The molecule has 0 bridgehead atoms. The Morgan fingerprint density at radius 1 is 0.844 bits per heavy atom. The van der Waals surface area contributed by atoms with Gasteiger partial charge in [0.15, 0.2) is 0 Å². The molecule has 2 heteroatoms. The molecule has 0 aromatic heterocycles. The van der Waals surface area contributed by atoms with E-state index in [0.29, 0.717) is 5.92 Å². The summed E-state index contributed by atoms with van der Waals surface area (Å²) in [6.07, 6.45) is 20.0. The summed E-state index contributed by atoms with van der Waals surface area (Å²) in [5.74, 6) is -1.17. The lowest BCUT2D eigenvalue weighted by Crippen LogP contribution is -2.39. The van der Waals surface area contributed by atoms with Crippen LogP contribution in [0.5, 0.6) is 0 Å². The first-order chi connectivity index (χ1) is 15.5. The second kappa shape index (κ2) is 12.9. The number of hydrogen-bond acceptors (Lipinski definition) is 0. The van der Waals surface area contributed by atoms with Crippen molar-refractivity contribution in [3.8, 4) is 0 Å². The fourth-order valence-corrected chi connectivity index (χ4v) is 6.23. The van der Waals surface area contributed by atoms with Gasteiger partial charge in [0, 0.05) is 12.3 Å². The van der Waals surface area contributed by atoms with Crippen LogP contribution in [0.3, 0.4) is 0 Å². The average Bonchev–Trinajstić information content (AvgIpc) is 2.79. The standard InChI is InChI=1S/C30H46F2/c1-3-5-6-12-29-22-21-28(23-30(29,31)32)27-19-17-26(18-20-27)11-8-7-10-25-15-13-24(9-4-2)14-16-25/h7,10,13-16,26-29H,3-6,8-9,11-12,17-23H2,1-2H3/b10-7+. The zero-order valence-electron chi connectivity index (χ0n) is 20.6. The summed E-state index contributed by atoms with van der Waals surface area (Å²) in [5.41, 5.74) is 2.71. The van der Waals surface area contributed by atoms with Crippen molar-refractivity contribution < 1.29 is 8.78 Å². The van der Waals surface area contributed by atoms with E-state index in [1.54, 1.807) is 0 Å². The molecule has 2 aliphatic rings. The van der Waals surface area contributed by atoms with Crippen LogP contribution in [0.25, 0.3) is 6.08 Å². The van der Waals surface area contributed by atoms with E-state index in [0.717, 1.165) is 57.3 Å². The smallest absolute Gasteiger partial charge is 0.207 e. The molecule has 1 aromatic rings. The third-order valence-electron chi connectivity index (χ3n) is 8.30. The van der Waals surface area contributed by atoms with Crippen molar-refractivity contribution in [1.29, 1.82) is 0 Å². The number of benzene rings is 1. The minimum absolute atomic E-state index is 0.166. The molecule has 0 amide bonds. The fourth-order valence-electron chi connectivity index (χ4n) is 6.23. The molecule has 2 fully saturated rings. The van der Waals surface area contributed by atoms with Gasteiger partial charge in [-0.2, -0.15) is 0 Å². The monoisotopic (exact) mass is 444 g/mol. The van der Waals surface area contributed by atoms with Crippen LogP contribution >= 0.6 is 0 Å². The highest BCUT2D eigenvalue weighted by Gasteiger charge is 2.46. The van der Waals surface area contributed by atoms with Crippen molar-refractivity contribution in [1.82, 2.24) is 0 Å². The molecule has 2 unspecified atom stereocenters. The Morgan fingerprint density at radius 2 is 1.56 bits per heavy atom. The van der Waals surface area contributed by atoms with Crippen molar-refractivity contribution in [3.05, 3.63) is 41.5 Å². The molecule has 2 saturated carbocycles. The summed E-state index contributed by atoms with van der Waals surface area (Å²) in [6.45, 7) is 4.37. The Labute approximate surface area is 196 Å². The molecule has 180 valence electrons. The summed E-state index contributed by atoms with van der Waals surface area (Å²) in [7, 11) is 0. The molecule has 0 N–H and O–H groups in total. The van der Waals surface area contributed by atoms with Crippen LogP contribution in [0.1, 0.15) is 115 Å². The van der Waals surface area contributed by atoms with Crippen molar-refractivity contribution in [2.75, 3.05) is 0 Å². The molecular weight excluding hydrogens is 398 g/mol. The highest BCUT2D eigenvalue weighted by Crippen LogP contribution is 2.49. The van der Waals surface area contributed by atoms with Crippen LogP contribution in [-0.2, 0) is 6.42 Å². The van der Waals surface area contributed by atoms with Gasteiger partial charge in [0.25, 0.3) is 5.92 Å². The van der Waals surface area contributed by atoms with Crippen LogP contribution < -0.4 is 0 Å². The minimum atomic E-state index is -2.42. The van der Waals surface area contributed by atoms with Crippen LogP contribution in [0.2, 0.25) is 0 Å². The van der Waals surface area contributed by atoms with Gasteiger partial charge in [-0.25, -0.2) is 8.78 Å². The summed E-state index contributed by atoms with van der Waals surface area (Å²) in [6, 6.07) is 8.93. The SMILES string of the molecule is CCCCCC1CCC(C2CCC(CC/C=C/c3ccc(CCC)cc3)CC2)CC1(F)F. The lowest BCUT2D eigenvalue weighted by atomic mass is 9.67. The maximum absolute atomic E-state index is 14.8. The van der Waals surface area contributed by atoms with E-state index < -0.39 is 5.92 Å². The summed E-state index contributed by atoms with van der Waals surface area (Å²) in [4.78, 5) is 0. The van der Waals surface area contributed by atoms with E-state index in [4.69, 9.17) is 0 Å². The number of aryl methyl sites for hydroxylation is 1. The number of rotatable bonds is 11. The Hall–Kier alpha value is -1.18. The van der Waals surface area contributed by atoms with Gasteiger partial charge in [-0.3, -0.25) is 0 Å². The van der Waals surface area contributed by atoms with E-state index in [1.807, 2.05) is 0 Å². The van der Waals surface area contributed by atoms with Gasteiger partial charge in [0.1, 0.15) is 0 Å². The predicted molar refractivity (Wildman–Crippen MR) is 134 cm³/mol. The van der Waals surface area contributed by atoms with E-state index in [2.05, 4.69) is 50.3 Å². The normalized spacial score (nSPS) is 28.2. The largest absolute Gasteiger partial charge is 0.251 e. The first-order valence-electron chi connectivity index (χ1n) is 13.6. The molecule has 0 heterocycles. The zero-order chi connectivity index (χ0) is 22.8. The van der Waals surface area contributed by atoms with Gasteiger partial charge in [0.2, 0.25) is 0 Å². The number of hydrogen-bond donors (Lipinski definition) is 0. The zero-order valence-corrected chi connectivity index (χ0v) is 20.6. The molecule has 0 nitrogen and oxygen atoms in total. The quantitative estimate of drug-likeness (QED) is 0.298. The maximum atomic E-state index is 14.8. The third kappa shape index (κ3) is 7.70. The van der Waals surface area contributed by atoms with Crippen molar-refractivity contribution >= 4 is 6.08 Å². The van der Waals surface area contributed by atoms with Crippen LogP contribution in [0, 0.1) is 23.7 Å². The second-order valence-electron chi connectivity index (χ2n) is 10.7. The molecule has 1 aromatic carbocycles.